The Labute approximate surface area is 253 Å². The molecule has 4 aromatic rings. The Balaban J connectivity index is 0.000000160. The smallest absolute Gasteiger partial charge is 0.166 e. The molecule has 0 unspecified atom stereocenters. The van der Waals surface area contributed by atoms with E-state index in [0.29, 0.717) is 10.5 Å². The zero-order valence-corrected chi connectivity index (χ0v) is 27.1. The summed E-state index contributed by atoms with van der Waals surface area (Å²) in [7, 11) is 0. The first-order valence-electron chi connectivity index (χ1n) is 12.3. The minimum Gasteiger partial charge on any atom is -0.166 e. The van der Waals surface area contributed by atoms with Crippen LogP contribution in [0.5, 0.6) is 0 Å². The van der Waals surface area contributed by atoms with Gasteiger partial charge in [0.1, 0.15) is 0 Å². The van der Waals surface area contributed by atoms with Gasteiger partial charge in [-0.25, -0.2) is 0 Å². The number of hydrogen-bond acceptors (Lipinski definition) is 4. The van der Waals surface area contributed by atoms with E-state index in [0.717, 1.165) is 25.8 Å². The minimum atomic E-state index is -4.33. The van der Waals surface area contributed by atoms with Crippen LogP contribution in [0.25, 0.3) is 0 Å². The van der Waals surface area contributed by atoms with E-state index in [1.165, 1.54) is 64.3 Å². The summed E-state index contributed by atoms with van der Waals surface area (Å²) in [6.45, 7) is 11.9. The molecule has 4 aromatic carbocycles. The highest BCUT2D eigenvalue weighted by Crippen LogP contribution is 2.55. The van der Waals surface area contributed by atoms with Crippen molar-refractivity contribution in [3.8, 4) is 0 Å². The summed E-state index contributed by atoms with van der Waals surface area (Å²) >= 11 is 10.2. The summed E-state index contributed by atoms with van der Waals surface area (Å²) in [5.74, 6) is 0. The van der Waals surface area contributed by atoms with Gasteiger partial charge in [-0.15, -0.1) is 0 Å². The summed E-state index contributed by atoms with van der Waals surface area (Å²) < 4.78 is 41.8. The van der Waals surface area contributed by atoms with Crippen LogP contribution in [0.3, 0.4) is 0 Å². The van der Waals surface area contributed by atoms with Gasteiger partial charge in [0.15, 0.2) is 0 Å². The lowest BCUT2D eigenvalue weighted by molar-refractivity contribution is -0.140. The van der Waals surface area contributed by atoms with Gasteiger partial charge in [-0.3, -0.25) is 0 Å². The Kier molecular flexibility index (Phi) is 8.26. The summed E-state index contributed by atoms with van der Waals surface area (Å²) in [5, 5.41) is 0. The van der Waals surface area contributed by atoms with Gasteiger partial charge in [0.2, 0.25) is 0 Å². The largest absolute Gasteiger partial charge is 0.417 e. The third-order valence-corrected chi connectivity index (χ3v) is 14.0. The second-order valence-electron chi connectivity index (χ2n) is 9.55. The minimum absolute atomic E-state index is 0.339. The standard InChI is InChI=1S/C16H13F3S2.C15H13BrS2/c1-8-9(2)13(16(17,18)19)15-14(10(8)3)20-11-6-4-5-7-12(11)21-15;1-8-9(2)13(16)15-14(10(8)3)17-11-6-4-5-7-12(11)18-15/h4-7H,1-3H3;4-7H,1-3H3. The number of fused-ring (bicyclic) bond motifs is 4. The molecule has 0 nitrogen and oxygen atoms in total. The lowest BCUT2D eigenvalue weighted by atomic mass is 9.98. The van der Waals surface area contributed by atoms with Crippen molar-refractivity contribution in [1.82, 2.24) is 0 Å². The number of benzene rings is 4. The van der Waals surface area contributed by atoms with Crippen molar-refractivity contribution in [2.75, 3.05) is 0 Å². The van der Waals surface area contributed by atoms with Crippen LogP contribution in [0.15, 0.2) is 92.2 Å². The fourth-order valence-corrected chi connectivity index (χ4v) is 10.7. The molecule has 39 heavy (non-hydrogen) atoms. The molecule has 0 aromatic heterocycles. The van der Waals surface area contributed by atoms with Crippen LogP contribution in [0, 0.1) is 41.5 Å². The molecule has 0 aliphatic carbocycles. The zero-order chi connectivity index (χ0) is 28.2. The molecule has 0 bridgehead atoms. The second-order valence-corrected chi connectivity index (χ2v) is 14.6. The summed E-state index contributed by atoms with van der Waals surface area (Å²) in [6.07, 6.45) is -4.33. The number of halogens is 4. The lowest BCUT2D eigenvalue weighted by Gasteiger charge is -2.27. The first-order chi connectivity index (χ1) is 18.4. The Morgan fingerprint density at radius 2 is 0.846 bits per heavy atom. The first kappa shape index (κ1) is 29.1. The molecule has 0 N–H and O–H groups in total. The molecule has 8 heteroatoms. The fourth-order valence-electron chi connectivity index (χ4n) is 4.60. The third kappa shape index (κ3) is 5.32. The van der Waals surface area contributed by atoms with Crippen molar-refractivity contribution < 1.29 is 13.2 Å². The highest BCUT2D eigenvalue weighted by Gasteiger charge is 2.39. The van der Waals surface area contributed by atoms with Crippen molar-refractivity contribution in [3.63, 3.8) is 0 Å². The Hall–Kier alpha value is -1.45. The molecule has 2 aliphatic rings. The van der Waals surface area contributed by atoms with Crippen LogP contribution < -0.4 is 0 Å². The van der Waals surface area contributed by atoms with Crippen LogP contribution in [-0.4, -0.2) is 0 Å². The molecule has 0 amide bonds. The maximum Gasteiger partial charge on any atom is 0.417 e. The van der Waals surface area contributed by atoms with E-state index >= 15 is 0 Å². The van der Waals surface area contributed by atoms with Crippen LogP contribution in [-0.2, 0) is 6.18 Å². The van der Waals surface area contributed by atoms with Gasteiger partial charge in [0.05, 0.1) is 5.56 Å². The fraction of sp³-hybridized carbons (Fsp3) is 0.226. The Morgan fingerprint density at radius 1 is 0.487 bits per heavy atom. The van der Waals surface area contributed by atoms with Crippen molar-refractivity contribution >= 4 is 63.0 Å². The van der Waals surface area contributed by atoms with Gasteiger partial charge < -0.3 is 0 Å². The van der Waals surface area contributed by atoms with Crippen molar-refractivity contribution in [3.05, 3.63) is 91.9 Å². The summed E-state index contributed by atoms with van der Waals surface area (Å²) in [4.78, 5) is 8.53. The average molecular weight is 664 g/mol. The maximum atomic E-state index is 13.5. The number of hydrogen-bond donors (Lipinski definition) is 0. The van der Waals surface area contributed by atoms with Crippen LogP contribution in [0.2, 0.25) is 0 Å². The molecular weight excluding hydrogens is 638 g/mol. The molecule has 2 aliphatic heterocycles. The molecular formula is C31H26BrF3S4. The Morgan fingerprint density at radius 3 is 1.28 bits per heavy atom. The van der Waals surface area contributed by atoms with E-state index in [-0.39, 0.29) is 0 Å². The predicted molar refractivity (Wildman–Crippen MR) is 163 cm³/mol. The molecule has 202 valence electrons. The summed E-state index contributed by atoms with van der Waals surface area (Å²) in [6, 6.07) is 16.2. The number of alkyl halides is 3. The topological polar surface area (TPSA) is 0 Å². The van der Waals surface area contributed by atoms with E-state index in [2.05, 4.69) is 61.0 Å². The van der Waals surface area contributed by atoms with Crippen LogP contribution in [0.4, 0.5) is 13.2 Å². The Bertz CT molecular complexity index is 1570. The second kappa shape index (κ2) is 11.1. The maximum absolute atomic E-state index is 13.5. The van der Waals surface area contributed by atoms with Gasteiger partial charge in [-0.2, -0.15) is 13.2 Å². The van der Waals surface area contributed by atoms with E-state index in [9.17, 15) is 13.2 Å². The van der Waals surface area contributed by atoms with Gasteiger partial charge in [-0.05, 0) is 115 Å². The SMILES string of the molecule is Cc1c(C)c(Br)c2c(c1C)Sc1ccccc1S2.Cc1c(C)c2c(c(C(F)(F)F)c1C)Sc1ccccc1S2. The molecule has 0 saturated carbocycles. The van der Waals surface area contributed by atoms with Gasteiger partial charge in [-0.1, -0.05) is 71.3 Å². The van der Waals surface area contributed by atoms with Gasteiger partial charge in [0, 0.05) is 43.6 Å². The van der Waals surface area contributed by atoms with Crippen LogP contribution in [0.1, 0.15) is 38.9 Å². The first-order valence-corrected chi connectivity index (χ1v) is 16.4. The van der Waals surface area contributed by atoms with E-state index in [1.54, 1.807) is 13.8 Å². The van der Waals surface area contributed by atoms with E-state index in [1.807, 2.05) is 54.7 Å². The monoisotopic (exact) mass is 662 g/mol. The normalized spacial score (nSPS) is 13.5. The molecule has 6 rings (SSSR count). The third-order valence-electron chi connectivity index (χ3n) is 7.30. The molecule has 0 saturated heterocycles. The molecule has 0 radical (unpaired) electrons. The van der Waals surface area contributed by atoms with Crippen molar-refractivity contribution in [2.45, 2.75) is 86.9 Å². The average Bonchev–Trinajstić information content (AvgIpc) is 2.92. The highest BCUT2D eigenvalue weighted by atomic mass is 79.9. The van der Waals surface area contributed by atoms with Gasteiger partial charge in [0.25, 0.3) is 0 Å². The molecule has 0 atom stereocenters. The van der Waals surface area contributed by atoms with Crippen molar-refractivity contribution in [2.24, 2.45) is 0 Å². The lowest BCUT2D eigenvalue weighted by Crippen LogP contribution is -2.13. The molecule has 0 fully saturated rings. The van der Waals surface area contributed by atoms with E-state index in [4.69, 9.17) is 0 Å². The van der Waals surface area contributed by atoms with Gasteiger partial charge >= 0.3 is 6.18 Å². The molecule has 2 heterocycles. The quantitative estimate of drug-likeness (QED) is 0.159. The predicted octanol–water partition coefficient (Wildman–Crippen LogP) is 12.2. The zero-order valence-electron chi connectivity index (χ0n) is 22.3. The summed E-state index contributed by atoms with van der Waals surface area (Å²) in [5.41, 5.74) is 5.71. The van der Waals surface area contributed by atoms with E-state index < -0.39 is 11.7 Å². The van der Waals surface area contributed by atoms with Crippen LogP contribution >= 0.6 is 63.0 Å². The number of rotatable bonds is 0. The highest BCUT2D eigenvalue weighted by molar-refractivity contribution is 9.10. The van der Waals surface area contributed by atoms with Crippen molar-refractivity contribution in [1.29, 1.82) is 0 Å². The molecule has 0 spiro atoms.